The third-order valence-electron chi connectivity index (χ3n) is 2.47. The first-order valence-corrected chi connectivity index (χ1v) is 5.93. The maximum Gasteiger partial charge on any atom is 0.235 e. The smallest absolute Gasteiger partial charge is 0.235 e. The van der Waals surface area contributed by atoms with Crippen LogP contribution in [0.15, 0.2) is 0 Å². The maximum atomic E-state index is 11.6. The molecule has 1 unspecified atom stereocenters. The van der Waals surface area contributed by atoms with E-state index in [0.717, 1.165) is 0 Å². The molecule has 0 aliphatic heterocycles. The van der Waals surface area contributed by atoms with E-state index in [9.17, 15) is 9.59 Å². The fourth-order valence-electron chi connectivity index (χ4n) is 1.59. The molecule has 0 bridgehead atoms. The fraction of sp³-hybridized carbons (Fsp3) is 0.818. The van der Waals surface area contributed by atoms with Gasteiger partial charge in [-0.2, -0.15) is 0 Å². The van der Waals surface area contributed by atoms with E-state index in [-0.39, 0.29) is 23.9 Å². The van der Waals surface area contributed by atoms with Gasteiger partial charge in [0.25, 0.3) is 0 Å². The predicted molar refractivity (Wildman–Crippen MR) is 66.9 cm³/mol. The summed E-state index contributed by atoms with van der Waals surface area (Å²) in [6, 6.07) is 0.116. The van der Waals surface area contributed by atoms with Gasteiger partial charge in [-0.05, 0) is 27.3 Å². The molecule has 0 aromatic heterocycles. The van der Waals surface area contributed by atoms with Gasteiger partial charge in [0.05, 0.1) is 6.54 Å². The lowest BCUT2D eigenvalue weighted by atomic mass is 10.2. The second-order valence-corrected chi connectivity index (χ2v) is 4.41. The number of carbonyl (C=O) groups is 2. The van der Waals surface area contributed by atoms with Crippen LogP contribution in [-0.4, -0.2) is 41.9 Å². The summed E-state index contributed by atoms with van der Waals surface area (Å²) in [5.41, 5.74) is 2.09. The van der Waals surface area contributed by atoms with Crippen molar-refractivity contribution < 1.29 is 9.59 Å². The zero-order valence-electron chi connectivity index (χ0n) is 11.1. The van der Waals surface area contributed by atoms with Crippen LogP contribution < -0.4 is 16.6 Å². The van der Waals surface area contributed by atoms with Gasteiger partial charge < -0.3 is 5.32 Å². The Morgan fingerprint density at radius 1 is 1.24 bits per heavy atom. The Balaban J connectivity index is 4.22. The van der Waals surface area contributed by atoms with E-state index in [2.05, 4.69) is 10.7 Å². The molecule has 0 aliphatic carbocycles. The van der Waals surface area contributed by atoms with E-state index in [1.54, 1.807) is 0 Å². The highest BCUT2D eigenvalue weighted by Crippen LogP contribution is 2.03. The quantitative estimate of drug-likeness (QED) is 0.323. The maximum absolute atomic E-state index is 11.6. The SMILES string of the molecule is CCN(CC(=O)NC(C)C)C(C)CC(=O)NN. The molecule has 100 valence electrons. The summed E-state index contributed by atoms with van der Waals surface area (Å²) in [4.78, 5) is 24.7. The van der Waals surface area contributed by atoms with Crippen LogP contribution in [0.3, 0.4) is 0 Å². The second-order valence-electron chi connectivity index (χ2n) is 4.41. The molecule has 0 saturated carbocycles. The number of nitrogens with one attached hydrogen (secondary N) is 2. The third-order valence-corrected chi connectivity index (χ3v) is 2.47. The Morgan fingerprint density at radius 2 is 1.82 bits per heavy atom. The van der Waals surface area contributed by atoms with Gasteiger partial charge in [0.15, 0.2) is 0 Å². The number of rotatable bonds is 7. The first-order chi connectivity index (χ1) is 7.90. The number of amides is 2. The van der Waals surface area contributed by atoms with Crippen LogP contribution in [0.5, 0.6) is 0 Å². The second kappa shape index (κ2) is 8.03. The first-order valence-electron chi connectivity index (χ1n) is 5.93. The molecule has 6 heteroatoms. The summed E-state index contributed by atoms with van der Waals surface area (Å²) < 4.78 is 0. The standard InChI is InChI=1S/C11H24N4O2/c1-5-15(7-11(17)13-8(2)3)9(4)6-10(16)14-12/h8-9H,5-7,12H2,1-4H3,(H,13,17)(H,14,16). The molecule has 0 aromatic carbocycles. The molecule has 0 rings (SSSR count). The van der Waals surface area contributed by atoms with E-state index in [1.807, 2.05) is 32.6 Å². The topological polar surface area (TPSA) is 87.5 Å². The van der Waals surface area contributed by atoms with Crippen molar-refractivity contribution in [1.82, 2.24) is 15.6 Å². The molecule has 0 saturated heterocycles. The van der Waals surface area contributed by atoms with Crippen molar-refractivity contribution >= 4 is 11.8 Å². The Hall–Kier alpha value is -1.14. The predicted octanol–water partition coefficient (Wildman–Crippen LogP) is -0.399. The normalized spacial score (nSPS) is 12.6. The van der Waals surface area contributed by atoms with Crippen LogP contribution in [0.4, 0.5) is 0 Å². The van der Waals surface area contributed by atoms with Gasteiger partial charge in [-0.15, -0.1) is 0 Å². The highest BCUT2D eigenvalue weighted by atomic mass is 16.2. The van der Waals surface area contributed by atoms with Crippen LogP contribution in [0.2, 0.25) is 0 Å². The fourth-order valence-corrected chi connectivity index (χ4v) is 1.59. The largest absolute Gasteiger partial charge is 0.353 e. The molecule has 0 aliphatic rings. The minimum atomic E-state index is -0.222. The summed E-state index contributed by atoms with van der Waals surface area (Å²) in [5, 5.41) is 2.82. The van der Waals surface area contributed by atoms with Gasteiger partial charge >= 0.3 is 0 Å². The number of hydrogen-bond donors (Lipinski definition) is 3. The Labute approximate surface area is 103 Å². The highest BCUT2D eigenvalue weighted by molar-refractivity contribution is 5.78. The van der Waals surface area contributed by atoms with Crippen molar-refractivity contribution in [2.24, 2.45) is 5.84 Å². The summed E-state index contributed by atoms with van der Waals surface area (Å²) in [6.07, 6.45) is 0.291. The van der Waals surface area contributed by atoms with E-state index in [0.29, 0.717) is 19.5 Å². The lowest BCUT2D eigenvalue weighted by molar-refractivity contribution is -0.125. The average molecular weight is 244 g/mol. The monoisotopic (exact) mass is 244 g/mol. The van der Waals surface area contributed by atoms with E-state index in [4.69, 9.17) is 5.84 Å². The van der Waals surface area contributed by atoms with Crippen molar-refractivity contribution in [2.45, 2.75) is 46.2 Å². The van der Waals surface area contributed by atoms with E-state index >= 15 is 0 Å². The van der Waals surface area contributed by atoms with Gasteiger partial charge in [-0.3, -0.25) is 19.9 Å². The molecule has 4 N–H and O–H groups in total. The zero-order valence-corrected chi connectivity index (χ0v) is 11.1. The molecule has 17 heavy (non-hydrogen) atoms. The summed E-state index contributed by atoms with van der Waals surface area (Å²) in [6.45, 7) is 8.71. The van der Waals surface area contributed by atoms with E-state index in [1.165, 1.54) is 0 Å². The minimum Gasteiger partial charge on any atom is -0.353 e. The van der Waals surface area contributed by atoms with Crippen LogP contribution in [0.1, 0.15) is 34.1 Å². The molecule has 0 fully saturated rings. The summed E-state index contributed by atoms with van der Waals surface area (Å²) in [5.74, 6) is 4.78. The lowest BCUT2D eigenvalue weighted by Gasteiger charge is -2.26. The Kier molecular flexibility index (Phi) is 7.49. The minimum absolute atomic E-state index is 0.0125. The zero-order chi connectivity index (χ0) is 13.4. The van der Waals surface area contributed by atoms with Crippen LogP contribution in [0.25, 0.3) is 0 Å². The highest BCUT2D eigenvalue weighted by Gasteiger charge is 2.18. The van der Waals surface area contributed by atoms with Crippen molar-refractivity contribution in [1.29, 1.82) is 0 Å². The molecule has 2 amide bonds. The molecule has 0 spiro atoms. The molecule has 1 atom stereocenters. The van der Waals surface area contributed by atoms with Crippen LogP contribution >= 0.6 is 0 Å². The number of hydrazine groups is 1. The van der Waals surface area contributed by atoms with E-state index < -0.39 is 0 Å². The molecule has 0 aromatic rings. The third kappa shape index (κ3) is 6.91. The molecule has 0 heterocycles. The van der Waals surface area contributed by atoms with Crippen molar-refractivity contribution in [3.8, 4) is 0 Å². The number of likely N-dealkylation sites (N-methyl/N-ethyl adjacent to an activating group) is 1. The van der Waals surface area contributed by atoms with Crippen LogP contribution in [0, 0.1) is 0 Å². The summed E-state index contributed by atoms with van der Waals surface area (Å²) in [7, 11) is 0. The van der Waals surface area contributed by atoms with Gasteiger partial charge in [0.2, 0.25) is 11.8 Å². The molecule has 6 nitrogen and oxygen atoms in total. The van der Waals surface area contributed by atoms with Crippen LogP contribution in [-0.2, 0) is 9.59 Å². The number of nitrogens with two attached hydrogens (primary N) is 1. The first kappa shape index (κ1) is 15.9. The molecular formula is C11H24N4O2. The van der Waals surface area contributed by atoms with Crippen molar-refractivity contribution in [3.63, 3.8) is 0 Å². The Morgan fingerprint density at radius 3 is 2.24 bits per heavy atom. The van der Waals surface area contributed by atoms with Gasteiger partial charge in [-0.25, -0.2) is 5.84 Å². The number of carbonyl (C=O) groups excluding carboxylic acids is 2. The lowest BCUT2D eigenvalue weighted by Crippen LogP contribution is -2.45. The number of hydrogen-bond acceptors (Lipinski definition) is 4. The van der Waals surface area contributed by atoms with Gasteiger partial charge in [-0.1, -0.05) is 6.92 Å². The average Bonchev–Trinajstić information content (AvgIpc) is 2.24. The van der Waals surface area contributed by atoms with Gasteiger partial charge in [0, 0.05) is 18.5 Å². The number of nitrogens with zero attached hydrogens (tertiary/aromatic N) is 1. The molecular weight excluding hydrogens is 220 g/mol. The van der Waals surface area contributed by atoms with Crippen molar-refractivity contribution in [3.05, 3.63) is 0 Å². The van der Waals surface area contributed by atoms with Gasteiger partial charge in [0.1, 0.15) is 0 Å². The summed E-state index contributed by atoms with van der Waals surface area (Å²) >= 11 is 0. The Bertz CT molecular complexity index is 256. The van der Waals surface area contributed by atoms with Crippen molar-refractivity contribution in [2.75, 3.05) is 13.1 Å². The molecule has 0 radical (unpaired) electrons.